The van der Waals surface area contributed by atoms with E-state index in [0.29, 0.717) is 11.1 Å². The fourth-order valence-electron chi connectivity index (χ4n) is 1.15. The highest BCUT2D eigenvalue weighted by molar-refractivity contribution is 7.88. The molecule has 0 saturated carbocycles. The first kappa shape index (κ1) is 19.9. The number of nitrogens with one attached hydrogen (secondary N) is 1. The summed E-state index contributed by atoms with van der Waals surface area (Å²) >= 11 is 0. The van der Waals surface area contributed by atoms with E-state index in [1.165, 1.54) is 6.08 Å². The molecule has 1 unspecified atom stereocenters. The zero-order valence-electron chi connectivity index (χ0n) is 12.1. The first-order chi connectivity index (χ1) is 8.69. The fraction of sp³-hybridized carbons (Fsp3) is 0.462. The Morgan fingerprint density at radius 1 is 1.42 bits per heavy atom. The number of rotatable bonds is 6. The molecule has 0 bridgehead atoms. The van der Waals surface area contributed by atoms with Gasteiger partial charge in [-0.15, -0.1) is 0 Å². The second-order valence-corrected chi connectivity index (χ2v) is 5.37. The Bertz CT molecular complexity index is 467. The van der Waals surface area contributed by atoms with E-state index >= 15 is 0 Å². The molecule has 0 fully saturated rings. The lowest BCUT2D eigenvalue weighted by atomic mass is 10.0. The van der Waals surface area contributed by atoms with Gasteiger partial charge >= 0.3 is 5.97 Å². The van der Waals surface area contributed by atoms with Crippen LogP contribution in [0.4, 0.5) is 0 Å². The number of hydrogen-bond acceptors (Lipinski definition) is 3. The zero-order chi connectivity index (χ0) is 15.6. The summed E-state index contributed by atoms with van der Waals surface area (Å²) in [6.45, 7) is 11.0. The Labute approximate surface area is 117 Å². The van der Waals surface area contributed by atoms with Crippen LogP contribution in [0, 0.1) is 0 Å². The van der Waals surface area contributed by atoms with Gasteiger partial charge < -0.3 is 5.11 Å². The molecule has 0 amide bonds. The molecule has 0 rings (SSSR count). The Hall–Kier alpha value is -1.40. The van der Waals surface area contributed by atoms with Gasteiger partial charge in [0, 0.05) is 1.43 Å². The highest BCUT2D eigenvalue weighted by atomic mass is 32.2. The molecule has 0 spiro atoms. The fourth-order valence-corrected chi connectivity index (χ4v) is 1.80. The third-order valence-electron chi connectivity index (χ3n) is 1.85. The van der Waals surface area contributed by atoms with Gasteiger partial charge in [0.25, 0.3) is 0 Å². The summed E-state index contributed by atoms with van der Waals surface area (Å²) in [4.78, 5) is 11.1. The van der Waals surface area contributed by atoms with Crippen LogP contribution < -0.4 is 4.72 Å². The van der Waals surface area contributed by atoms with E-state index in [2.05, 4.69) is 11.3 Å². The van der Waals surface area contributed by atoms with Crippen molar-refractivity contribution >= 4 is 16.0 Å². The summed E-state index contributed by atoms with van der Waals surface area (Å²) in [5.74, 6) is -1.27. The number of carbonyl (C=O) groups is 1. The number of carboxylic acids is 1. The van der Waals surface area contributed by atoms with Crippen LogP contribution >= 0.6 is 0 Å². The molecule has 6 heteroatoms. The van der Waals surface area contributed by atoms with Crippen LogP contribution in [0.2, 0.25) is 0 Å². The minimum atomic E-state index is -3.61. The van der Waals surface area contributed by atoms with Crippen molar-refractivity contribution in [2.45, 2.75) is 33.7 Å². The first-order valence-electron chi connectivity index (χ1n) is 5.88. The summed E-state index contributed by atoms with van der Waals surface area (Å²) in [7, 11) is -3.61. The molecule has 0 aliphatic heterocycles. The van der Waals surface area contributed by atoms with Gasteiger partial charge in [0.1, 0.15) is 6.04 Å². The van der Waals surface area contributed by atoms with E-state index in [-0.39, 0.29) is 1.43 Å². The third-order valence-corrected chi connectivity index (χ3v) is 2.51. The van der Waals surface area contributed by atoms with Gasteiger partial charge in [-0.25, -0.2) is 8.42 Å². The van der Waals surface area contributed by atoms with Crippen LogP contribution in [0.3, 0.4) is 0 Å². The van der Waals surface area contributed by atoms with E-state index in [4.69, 9.17) is 5.11 Å². The van der Waals surface area contributed by atoms with Crippen molar-refractivity contribution in [1.82, 2.24) is 4.72 Å². The smallest absolute Gasteiger partial charge is 0.326 e. The molecule has 19 heavy (non-hydrogen) atoms. The normalized spacial score (nSPS) is 13.6. The highest BCUT2D eigenvalue weighted by Gasteiger charge is 2.25. The molecule has 0 aliphatic carbocycles. The molecule has 1 atom stereocenters. The maximum atomic E-state index is 11.1. The molecule has 112 valence electrons. The van der Waals surface area contributed by atoms with Gasteiger partial charge in [-0.3, -0.25) is 4.79 Å². The van der Waals surface area contributed by atoms with Gasteiger partial charge in [0.05, 0.1) is 6.26 Å². The van der Waals surface area contributed by atoms with Crippen molar-refractivity contribution in [3.63, 3.8) is 0 Å². The van der Waals surface area contributed by atoms with Crippen LogP contribution in [0.25, 0.3) is 0 Å². The lowest BCUT2D eigenvalue weighted by Crippen LogP contribution is -2.41. The SMILES string of the molecule is C=C(C)/C(=C\C=C/C)C(NS(C)(=O)=O)C(=O)O.CC.[HH]. The number of allylic oxidation sites excluding steroid dienone is 3. The minimum Gasteiger partial charge on any atom is -0.480 e. The molecule has 0 heterocycles. The number of carboxylic acid groups (broad SMARTS) is 1. The maximum absolute atomic E-state index is 11.1. The predicted molar refractivity (Wildman–Crippen MR) is 80.6 cm³/mol. The van der Waals surface area contributed by atoms with Crippen LogP contribution in [0.1, 0.15) is 29.1 Å². The largest absolute Gasteiger partial charge is 0.480 e. The predicted octanol–water partition coefficient (Wildman–Crippen LogP) is 2.34. The van der Waals surface area contributed by atoms with Crippen molar-refractivity contribution < 1.29 is 19.7 Å². The third kappa shape index (κ3) is 9.21. The molecular formula is C13H25NO4S. The maximum Gasteiger partial charge on any atom is 0.326 e. The lowest BCUT2D eigenvalue weighted by molar-refractivity contribution is -0.137. The molecule has 0 saturated heterocycles. The summed E-state index contributed by atoms with van der Waals surface area (Å²) < 4.78 is 24.3. The summed E-state index contributed by atoms with van der Waals surface area (Å²) in [6.07, 6.45) is 5.78. The number of hydrogen-bond donors (Lipinski definition) is 2. The van der Waals surface area contributed by atoms with Crippen molar-refractivity contribution in [1.29, 1.82) is 0 Å². The van der Waals surface area contributed by atoms with Gasteiger partial charge in [-0.1, -0.05) is 44.2 Å². The molecule has 0 radical (unpaired) electrons. The van der Waals surface area contributed by atoms with E-state index in [1.807, 2.05) is 13.8 Å². The Morgan fingerprint density at radius 3 is 2.16 bits per heavy atom. The van der Waals surface area contributed by atoms with Crippen molar-refractivity contribution in [3.8, 4) is 0 Å². The molecule has 5 nitrogen and oxygen atoms in total. The summed E-state index contributed by atoms with van der Waals surface area (Å²) in [5.41, 5.74) is 0.813. The van der Waals surface area contributed by atoms with E-state index in [0.717, 1.165) is 6.26 Å². The standard InChI is InChI=1S/C11H17NO4S.C2H6.H2/c1-5-6-7-9(8(2)3)10(11(13)14)12-17(4,15)16;1-2;/h5-7,10,12H,2H2,1,3-4H3,(H,13,14);1-2H3;1H/b6-5-,9-7+;;. The molecule has 0 aromatic heterocycles. The topological polar surface area (TPSA) is 83.5 Å². The van der Waals surface area contributed by atoms with Crippen LogP contribution in [0.5, 0.6) is 0 Å². The molecule has 2 N–H and O–H groups in total. The second-order valence-electron chi connectivity index (χ2n) is 3.59. The van der Waals surface area contributed by atoms with E-state index in [1.54, 1.807) is 26.0 Å². The average molecular weight is 291 g/mol. The molecule has 0 aromatic rings. The van der Waals surface area contributed by atoms with E-state index in [9.17, 15) is 13.2 Å². The monoisotopic (exact) mass is 291 g/mol. The number of sulfonamides is 1. The van der Waals surface area contributed by atoms with Crippen molar-refractivity contribution in [3.05, 3.63) is 36.0 Å². The first-order valence-corrected chi connectivity index (χ1v) is 7.77. The molecule has 0 aromatic carbocycles. The van der Waals surface area contributed by atoms with Crippen LogP contribution in [-0.4, -0.2) is 31.8 Å². The van der Waals surface area contributed by atoms with Gasteiger partial charge in [-0.05, 0) is 19.4 Å². The number of aliphatic carboxylic acids is 1. The van der Waals surface area contributed by atoms with Crippen molar-refractivity contribution in [2.75, 3.05) is 6.26 Å². The summed E-state index contributed by atoms with van der Waals surface area (Å²) in [6, 6.07) is -1.32. The van der Waals surface area contributed by atoms with Crippen molar-refractivity contribution in [2.24, 2.45) is 0 Å². The average Bonchev–Trinajstić information content (AvgIpc) is 2.28. The second kappa shape index (κ2) is 9.52. The van der Waals surface area contributed by atoms with Gasteiger partial charge in [-0.2, -0.15) is 4.72 Å². The van der Waals surface area contributed by atoms with E-state index < -0.39 is 22.0 Å². The highest BCUT2D eigenvalue weighted by Crippen LogP contribution is 2.13. The Morgan fingerprint density at radius 2 is 1.89 bits per heavy atom. The molecular weight excluding hydrogens is 266 g/mol. The Balaban J connectivity index is -0.000000916. The zero-order valence-corrected chi connectivity index (χ0v) is 12.9. The molecule has 0 aliphatic rings. The lowest BCUT2D eigenvalue weighted by Gasteiger charge is -2.16. The van der Waals surface area contributed by atoms with Gasteiger partial charge in [0.2, 0.25) is 10.0 Å². The van der Waals surface area contributed by atoms with Gasteiger partial charge in [0.15, 0.2) is 0 Å². The quantitative estimate of drug-likeness (QED) is 0.736. The minimum absolute atomic E-state index is 0. The van der Waals surface area contributed by atoms with Crippen LogP contribution in [0.15, 0.2) is 36.0 Å². The summed E-state index contributed by atoms with van der Waals surface area (Å²) in [5, 5.41) is 9.02. The Kier molecular flexibility index (Phi) is 9.99. The van der Waals surface area contributed by atoms with Crippen LogP contribution in [-0.2, 0) is 14.8 Å².